The maximum absolute atomic E-state index is 9.66. The van der Waals surface area contributed by atoms with Crippen LogP contribution in [-0.4, -0.2) is 11.5 Å². The Hall–Kier alpha value is -0.490. The molecule has 0 aliphatic carbocycles. The quantitative estimate of drug-likeness (QED) is 0.449. The van der Waals surface area contributed by atoms with E-state index in [0.717, 1.165) is 12.7 Å². The molecule has 0 amide bonds. The first kappa shape index (κ1) is 10.5. The molecule has 0 rings (SSSR count). The molecule has 1 atom stereocenters. The van der Waals surface area contributed by atoms with E-state index in [1.54, 1.807) is 0 Å². The van der Waals surface area contributed by atoms with Crippen LogP contribution in [-0.2, 0) is 4.79 Å². The second-order valence-electron chi connectivity index (χ2n) is 1.11. The van der Waals surface area contributed by atoms with Crippen LogP contribution >= 0.6 is 12.6 Å². The Morgan fingerprint density at radius 2 is 2.25 bits per heavy atom. The van der Waals surface area contributed by atoms with Gasteiger partial charge >= 0.3 is 0 Å². The molecule has 0 radical (unpaired) electrons. The molecule has 0 aliphatic rings. The summed E-state index contributed by atoms with van der Waals surface area (Å²) in [6.45, 7) is 5.42. The predicted molar refractivity (Wildman–Crippen MR) is 35.8 cm³/mol. The second-order valence-corrected chi connectivity index (χ2v) is 1.77. The number of carbonyl (C=O) groups is 1. The van der Waals surface area contributed by atoms with Crippen LogP contribution in [0.1, 0.15) is 13.3 Å². The lowest BCUT2D eigenvalue weighted by molar-refractivity contribution is -0.107. The highest BCUT2D eigenvalue weighted by Crippen LogP contribution is 1.92. The summed E-state index contributed by atoms with van der Waals surface area (Å²) in [5, 5.41) is 6.45. The van der Waals surface area contributed by atoms with Crippen LogP contribution in [0.15, 0.2) is 0 Å². The molecule has 0 aromatic carbocycles. The third-order valence-electron chi connectivity index (χ3n) is 0.575. The fourth-order valence-electron chi connectivity index (χ4n) is 0.0962. The minimum atomic E-state index is -0.0509. The molecule has 0 aliphatic heterocycles. The molecule has 2 nitrogen and oxygen atoms in total. The maximum Gasteiger partial charge on any atom is 0.132 e. The van der Waals surface area contributed by atoms with Gasteiger partial charge in [-0.2, -0.15) is 12.6 Å². The van der Waals surface area contributed by atoms with Crippen molar-refractivity contribution in [1.29, 1.82) is 5.26 Å². The van der Waals surface area contributed by atoms with E-state index in [2.05, 4.69) is 19.2 Å². The number of aldehydes is 1. The van der Waals surface area contributed by atoms with E-state index < -0.39 is 0 Å². The summed E-state index contributed by atoms with van der Waals surface area (Å²) in [6.07, 6.45) is 1.66. The van der Waals surface area contributed by atoms with Gasteiger partial charge in [0.1, 0.15) is 6.29 Å². The van der Waals surface area contributed by atoms with Gasteiger partial charge in [-0.3, -0.25) is 0 Å². The summed E-state index contributed by atoms with van der Waals surface area (Å²) in [7, 11) is 0. The molecule has 8 heavy (non-hydrogen) atoms. The van der Waals surface area contributed by atoms with Crippen molar-refractivity contribution in [1.82, 2.24) is 0 Å². The minimum Gasteiger partial charge on any atom is -0.302 e. The van der Waals surface area contributed by atoms with Gasteiger partial charge in [0.15, 0.2) is 0 Å². The van der Waals surface area contributed by atoms with Crippen LogP contribution in [0.25, 0.3) is 0 Å². The van der Waals surface area contributed by atoms with Crippen LogP contribution in [0.4, 0.5) is 0 Å². The van der Waals surface area contributed by atoms with Crippen LogP contribution in [0, 0.1) is 11.8 Å². The first-order valence-corrected chi connectivity index (χ1v) is 2.72. The van der Waals surface area contributed by atoms with Crippen molar-refractivity contribution in [2.75, 3.05) is 0 Å². The van der Waals surface area contributed by atoms with Gasteiger partial charge in [0.2, 0.25) is 0 Å². The first-order chi connectivity index (χ1) is 3.81. The average Bonchev–Trinajstić information content (AvgIpc) is 1.91. The van der Waals surface area contributed by atoms with E-state index in [1.165, 1.54) is 0 Å². The maximum atomic E-state index is 9.66. The van der Waals surface area contributed by atoms with Gasteiger partial charge in [0.05, 0.1) is 5.25 Å². The van der Waals surface area contributed by atoms with E-state index in [0.29, 0.717) is 0 Å². The zero-order valence-electron chi connectivity index (χ0n) is 4.74. The molecule has 0 fully saturated rings. The van der Waals surface area contributed by atoms with E-state index in [1.807, 2.05) is 6.92 Å². The summed E-state index contributed by atoms with van der Waals surface area (Å²) < 4.78 is 0. The summed E-state index contributed by atoms with van der Waals surface area (Å²) >= 11 is 3.86. The molecule has 0 saturated heterocycles. The molecule has 0 heterocycles. The molecule has 0 aromatic heterocycles. The fraction of sp³-hybridized carbons (Fsp3) is 0.600. The normalized spacial score (nSPS) is 10.5. The van der Waals surface area contributed by atoms with Gasteiger partial charge in [-0.25, -0.2) is 5.26 Å². The Morgan fingerprint density at radius 3 is 2.25 bits per heavy atom. The largest absolute Gasteiger partial charge is 0.302 e. The Labute approximate surface area is 54.9 Å². The number of hydrogen-bond donors (Lipinski definition) is 1. The predicted octanol–water partition coefficient (Wildman–Crippen LogP) is 1.03. The second kappa shape index (κ2) is 9.72. The molecule has 0 aromatic rings. The highest BCUT2D eigenvalue weighted by Gasteiger charge is 1.90. The number of rotatable bonds is 2. The molecule has 0 spiro atoms. The Bertz CT molecular complexity index is 72.1. The van der Waals surface area contributed by atoms with Crippen molar-refractivity contribution in [3.63, 3.8) is 0 Å². The van der Waals surface area contributed by atoms with E-state index in [-0.39, 0.29) is 5.25 Å². The average molecular weight is 131 g/mol. The number of thiol groups is 1. The summed E-state index contributed by atoms with van der Waals surface area (Å²) in [4.78, 5) is 9.66. The van der Waals surface area contributed by atoms with Crippen molar-refractivity contribution in [3.8, 4) is 6.57 Å². The van der Waals surface area contributed by atoms with Crippen molar-refractivity contribution in [3.05, 3.63) is 0 Å². The third-order valence-corrected chi connectivity index (χ3v) is 1.06. The lowest BCUT2D eigenvalue weighted by atomic mass is 10.4. The SMILES string of the molecule is C#N.CCC(S)C=O. The molecule has 3 heteroatoms. The minimum absolute atomic E-state index is 0.0509. The standard InChI is InChI=1S/C4H8OS.CHN/c1-2-4(6)3-5;1-2/h3-4,6H,2H2,1H3;1H. The topological polar surface area (TPSA) is 40.9 Å². The van der Waals surface area contributed by atoms with Crippen molar-refractivity contribution in [2.45, 2.75) is 18.6 Å². The van der Waals surface area contributed by atoms with Crippen LogP contribution in [0.5, 0.6) is 0 Å². The van der Waals surface area contributed by atoms with Crippen LogP contribution in [0.3, 0.4) is 0 Å². The number of nitriles is 1. The number of nitrogens with zero attached hydrogens (tertiary/aromatic N) is 1. The lowest BCUT2D eigenvalue weighted by Crippen LogP contribution is -1.94. The first-order valence-electron chi connectivity index (χ1n) is 2.20. The van der Waals surface area contributed by atoms with Crippen LogP contribution in [0.2, 0.25) is 0 Å². The highest BCUT2D eigenvalue weighted by atomic mass is 32.1. The number of hydrogen-bond acceptors (Lipinski definition) is 3. The molecule has 0 saturated carbocycles. The van der Waals surface area contributed by atoms with Gasteiger partial charge in [0.25, 0.3) is 0 Å². The summed E-state index contributed by atoms with van der Waals surface area (Å²) in [5.74, 6) is 0. The van der Waals surface area contributed by atoms with E-state index in [4.69, 9.17) is 5.26 Å². The van der Waals surface area contributed by atoms with Gasteiger partial charge in [-0.1, -0.05) is 6.92 Å². The van der Waals surface area contributed by atoms with Crippen LogP contribution < -0.4 is 0 Å². The summed E-state index contributed by atoms with van der Waals surface area (Å²) in [6, 6.07) is 0. The lowest BCUT2D eigenvalue weighted by Gasteiger charge is -1.88. The van der Waals surface area contributed by atoms with Gasteiger partial charge in [-0.15, -0.1) is 0 Å². The zero-order valence-corrected chi connectivity index (χ0v) is 5.64. The molecular weight excluding hydrogens is 122 g/mol. The Balaban J connectivity index is 0. The Kier molecular flexibility index (Phi) is 12.7. The molecule has 46 valence electrons. The van der Waals surface area contributed by atoms with Gasteiger partial charge < -0.3 is 4.79 Å². The molecule has 0 bridgehead atoms. The van der Waals surface area contributed by atoms with Crippen molar-refractivity contribution in [2.24, 2.45) is 0 Å². The number of carbonyl (C=O) groups excluding carboxylic acids is 1. The van der Waals surface area contributed by atoms with Crippen molar-refractivity contribution < 1.29 is 4.79 Å². The van der Waals surface area contributed by atoms with Gasteiger partial charge in [0, 0.05) is 6.57 Å². The zero-order chi connectivity index (χ0) is 6.99. The Morgan fingerprint density at radius 1 is 1.88 bits per heavy atom. The summed E-state index contributed by atoms with van der Waals surface area (Å²) in [5.41, 5.74) is 0. The van der Waals surface area contributed by atoms with E-state index >= 15 is 0 Å². The molecule has 1 unspecified atom stereocenters. The monoisotopic (exact) mass is 131 g/mol. The fourth-order valence-corrected chi connectivity index (χ4v) is 0.0962. The smallest absolute Gasteiger partial charge is 0.132 e. The highest BCUT2D eigenvalue weighted by molar-refractivity contribution is 7.81. The van der Waals surface area contributed by atoms with Gasteiger partial charge in [-0.05, 0) is 6.42 Å². The van der Waals surface area contributed by atoms with Crippen molar-refractivity contribution >= 4 is 18.9 Å². The third kappa shape index (κ3) is 9.10. The molecular formula is C5H9NOS. The molecule has 0 N–H and O–H groups in total. The van der Waals surface area contributed by atoms with E-state index in [9.17, 15) is 4.79 Å².